The van der Waals surface area contributed by atoms with Gasteiger partial charge in [-0.25, -0.2) is 0 Å². The SMILES string of the molecule is CC1(C)C(=O)N(c2ccccc2)C(=NC2CCCCC2)C1N1CCOCC1. The lowest BCUT2D eigenvalue weighted by Gasteiger charge is -2.37. The first-order chi connectivity index (χ1) is 13.1. The number of amidine groups is 1. The van der Waals surface area contributed by atoms with Crippen LogP contribution in [0, 0.1) is 5.41 Å². The number of amides is 1. The number of carbonyl (C=O) groups excluding carboxylic acids is 1. The molecule has 1 aromatic carbocycles. The maximum atomic E-state index is 13.5. The number of rotatable bonds is 3. The van der Waals surface area contributed by atoms with Crippen molar-refractivity contribution in [2.45, 2.75) is 58.0 Å². The average molecular weight is 370 g/mol. The molecule has 1 aromatic rings. The highest BCUT2D eigenvalue weighted by atomic mass is 16.5. The number of nitrogens with zero attached hydrogens (tertiary/aromatic N) is 3. The van der Waals surface area contributed by atoms with E-state index >= 15 is 0 Å². The number of hydrogen-bond acceptors (Lipinski definition) is 4. The van der Waals surface area contributed by atoms with Crippen LogP contribution in [0.15, 0.2) is 35.3 Å². The molecule has 1 atom stereocenters. The van der Waals surface area contributed by atoms with Crippen molar-refractivity contribution in [1.82, 2.24) is 4.90 Å². The topological polar surface area (TPSA) is 45.1 Å². The number of para-hydroxylation sites is 1. The van der Waals surface area contributed by atoms with Gasteiger partial charge in [0.15, 0.2) is 0 Å². The van der Waals surface area contributed by atoms with Gasteiger partial charge in [0.25, 0.3) is 0 Å². The van der Waals surface area contributed by atoms with E-state index in [0.29, 0.717) is 6.04 Å². The molecule has 0 N–H and O–H groups in total. The van der Waals surface area contributed by atoms with E-state index in [9.17, 15) is 4.79 Å². The summed E-state index contributed by atoms with van der Waals surface area (Å²) in [6, 6.07) is 10.4. The number of carbonyl (C=O) groups is 1. The van der Waals surface area contributed by atoms with Gasteiger partial charge in [-0.05, 0) is 38.8 Å². The minimum atomic E-state index is -0.499. The number of morpholine rings is 1. The van der Waals surface area contributed by atoms with E-state index < -0.39 is 5.41 Å². The molecule has 0 bridgehead atoms. The fourth-order valence-corrected chi connectivity index (χ4v) is 4.76. The van der Waals surface area contributed by atoms with Crippen molar-refractivity contribution in [3.8, 4) is 0 Å². The van der Waals surface area contributed by atoms with E-state index in [4.69, 9.17) is 9.73 Å². The van der Waals surface area contributed by atoms with Crippen molar-refractivity contribution in [3.63, 3.8) is 0 Å². The summed E-state index contributed by atoms with van der Waals surface area (Å²) in [6.07, 6.45) is 6.06. The van der Waals surface area contributed by atoms with Crippen molar-refractivity contribution in [3.05, 3.63) is 30.3 Å². The molecule has 0 radical (unpaired) electrons. The normalized spacial score (nSPS) is 28.8. The highest BCUT2D eigenvalue weighted by Crippen LogP contribution is 2.40. The Morgan fingerprint density at radius 2 is 1.70 bits per heavy atom. The number of benzene rings is 1. The van der Waals surface area contributed by atoms with Crippen LogP contribution in [-0.2, 0) is 9.53 Å². The summed E-state index contributed by atoms with van der Waals surface area (Å²) in [5, 5.41) is 0. The lowest BCUT2D eigenvalue weighted by atomic mass is 9.85. The zero-order valence-electron chi connectivity index (χ0n) is 16.6. The Hall–Kier alpha value is -1.72. The maximum absolute atomic E-state index is 13.5. The first kappa shape index (κ1) is 18.6. The lowest BCUT2D eigenvalue weighted by Crippen LogP contribution is -2.52. The summed E-state index contributed by atoms with van der Waals surface area (Å²) in [5.41, 5.74) is 0.432. The molecular formula is C22H31N3O2. The van der Waals surface area contributed by atoms with E-state index in [1.54, 1.807) is 0 Å². The molecule has 2 saturated heterocycles. The van der Waals surface area contributed by atoms with Gasteiger partial charge in [-0.1, -0.05) is 37.5 Å². The van der Waals surface area contributed by atoms with E-state index in [0.717, 1.165) is 50.7 Å². The van der Waals surface area contributed by atoms with Crippen LogP contribution in [-0.4, -0.2) is 55.0 Å². The van der Waals surface area contributed by atoms with Crippen molar-refractivity contribution < 1.29 is 9.53 Å². The Bertz CT molecular complexity index is 689. The molecule has 0 spiro atoms. The maximum Gasteiger partial charge on any atom is 0.240 e. The molecule has 1 unspecified atom stereocenters. The second-order valence-electron chi connectivity index (χ2n) is 8.53. The molecule has 1 aliphatic carbocycles. The Kier molecular flexibility index (Phi) is 5.33. The third-order valence-corrected chi connectivity index (χ3v) is 6.23. The largest absolute Gasteiger partial charge is 0.379 e. The minimum Gasteiger partial charge on any atom is -0.379 e. The summed E-state index contributed by atoms with van der Waals surface area (Å²) in [4.78, 5) is 23.1. The van der Waals surface area contributed by atoms with E-state index in [-0.39, 0.29) is 11.9 Å². The first-order valence-electron chi connectivity index (χ1n) is 10.4. The molecule has 1 amide bonds. The molecular weight excluding hydrogens is 338 g/mol. The summed E-state index contributed by atoms with van der Waals surface area (Å²) >= 11 is 0. The molecule has 1 saturated carbocycles. The van der Waals surface area contributed by atoms with E-state index in [1.165, 1.54) is 19.3 Å². The Balaban J connectivity index is 1.76. The van der Waals surface area contributed by atoms with E-state index in [2.05, 4.69) is 18.7 Å². The summed E-state index contributed by atoms with van der Waals surface area (Å²) in [5.74, 6) is 1.10. The molecule has 5 heteroatoms. The second-order valence-corrected chi connectivity index (χ2v) is 8.53. The van der Waals surface area contributed by atoms with Gasteiger partial charge in [-0.3, -0.25) is 19.6 Å². The number of anilines is 1. The smallest absolute Gasteiger partial charge is 0.240 e. The monoisotopic (exact) mass is 369 g/mol. The molecule has 0 aromatic heterocycles. The summed E-state index contributed by atoms with van der Waals surface area (Å²) < 4.78 is 5.57. The van der Waals surface area contributed by atoms with Crippen LogP contribution < -0.4 is 4.90 Å². The van der Waals surface area contributed by atoms with Crippen LogP contribution in [0.5, 0.6) is 0 Å². The molecule has 27 heavy (non-hydrogen) atoms. The van der Waals surface area contributed by atoms with Gasteiger partial charge in [0.05, 0.1) is 36.4 Å². The fourth-order valence-electron chi connectivity index (χ4n) is 4.76. The minimum absolute atomic E-state index is 0.0102. The molecule has 2 aliphatic heterocycles. The van der Waals surface area contributed by atoms with Gasteiger partial charge in [0.1, 0.15) is 5.84 Å². The van der Waals surface area contributed by atoms with Gasteiger partial charge < -0.3 is 4.74 Å². The highest BCUT2D eigenvalue weighted by molar-refractivity contribution is 6.27. The lowest BCUT2D eigenvalue weighted by molar-refractivity contribution is -0.126. The van der Waals surface area contributed by atoms with Crippen LogP contribution in [0.4, 0.5) is 5.69 Å². The molecule has 4 rings (SSSR count). The Labute approximate surface area is 162 Å². The molecule has 5 nitrogen and oxygen atoms in total. The molecule has 3 fully saturated rings. The van der Waals surface area contributed by atoms with Gasteiger partial charge in [-0.2, -0.15) is 0 Å². The highest BCUT2D eigenvalue weighted by Gasteiger charge is 2.55. The van der Waals surface area contributed by atoms with Crippen LogP contribution >= 0.6 is 0 Å². The standard InChI is InChI=1S/C22H31N3O2/c1-22(2)19(24-13-15-27-16-14-24)20(23-17-9-5-3-6-10-17)25(21(22)26)18-11-7-4-8-12-18/h4,7-8,11-12,17,19H,3,5-6,9-10,13-16H2,1-2H3. The van der Waals surface area contributed by atoms with Crippen LogP contribution in [0.3, 0.4) is 0 Å². The summed E-state index contributed by atoms with van der Waals surface area (Å²) in [6.45, 7) is 7.32. The number of ether oxygens (including phenoxy) is 1. The third kappa shape index (κ3) is 3.55. The fraction of sp³-hybridized carbons (Fsp3) is 0.636. The summed E-state index contributed by atoms with van der Waals surface area (Å²) in [7, 11) is 0. The predicted octanol–water partition coefficient (Wildman–Crippen LogP) is 3.49. The van der Waals surface area contributed by atoms with Crippen molar-refractivity contribution in [2.24, 2.45) is 10.4 Å². The van der Waals surface area contributed by atoms with Crippen LogP contribution in [0.2, 0.25) is 0 Å². The zero-order chi connectivity index (χ0) is 18.9. The van der Waals surface area contributed by atoms with Crippen LogP contribution in [0.1, 0.15) is 46.0 Å². The predicted molar refractivity (Wildman–Crippen MR) is 108 cm³/mol. The molecule has 3 aliphatic rings. The average Bonchev–Trinajstić information content (AvgIpc) is 2.89. The van der Waals surface area contributed by atoms with Gasteiger partial charge >= 0.3 is 0 Å². The van der Waals surface area contributed by atoms with Crippen LogP contribution in [0.25, 0.3) is 0 Å². The van der Waals surface area contributed by atoms with Crippen molar-refractivity contribution in [1.29, 1.82) is 0 Å². The second kappa shape index (κ2) is 7.72. The third-order valence-electron chi connectivity index (χ3n) is 6.23. The first-order valence-corrected chi connectivity index (χ1v) is 10.4. The van der Waals surface area contributed by atoms with Crippen molar-refractivity contribution in [2.75, 3.05) is 31.2 Å². The molecule has 2 heterocycles. The number of aliphatic imine (C=N–C) groups is 1. The Morgan fingerprint density at radius 1 is 1.04 bits per heavy atom. The molecule has 146 valence electrons. The van der Waals surface area contributed by atoms with E-state index in [1.807, 2.05) is 35.2 Å². The number of hydrogen-bond donors (Lipinski definition) is 0. The van der Waals surface area contributed by atoms with Gasteiger partial charge in [0.2, 0.25) is 5.91 Å². The Morgan fingerprint density at radius 3 is 2.37 bits per heavy atom. The van der Waals surface area contributed by atoms with Gasteiger partial charge in [0, 0.05) is 13.1 Å². The van der Waals surface area contributed by atoms with Crippen molar-refractivity contribution >= 4 is 17.4 Å². The van der Waals surface area contributed by atoms with Gasteiger partial charge in [-0.15, -0.1) is 0 Å². The zero-order valence-corrected chi connectivity index (χ0v) is 16.6. The quantitative estimate of drug-likeness (QED) is 0.819.